The van der Waals surface area contributed by atoms with E-state index in [-0.39, 0.29) is 5.82 Å². The second-order valence-electron chi connectivity index (χ2n) is 2.45. The average molecular weight is 196 g/mol. The molecule has 2 rings (SSSR count). The molecule has 0 aromatic carbocycles. The predicted octanol–water partition coefficient (Wildman–Crippen LogP) is 1.97. The highest BCUT2D eigenvalue weighted by Crippen LogP contribution is 2.31. The number of anilines is 1. The molecule has 0 saturated heterocycles. The second kappa shape index (κ2) is 3.06. The van der Waals surface area contributed by atoms with Crippen molar-refractivity contribution < 1.29 is 4.52 Å². The third-order valence-corrected chi connectivity index (χ3v) is 1.97. The zero-order chi connectivity index (χ0) is 9.26. The van der Waals surface area contributed by atoms with Gasteiger partial charge in [-0.1, -0.05) is 16.8 Å². The average Bonchev–Trinajstić information content (AvgIpc) is 2.49. The SMILES string of the molecule is Nc1noc(-c2ccncc2)c1Cl. The van der Waals surface area contributed by atoms with Crippen LogP contribution in [0.3, 0.4) is 0 Å². The fourth-order valence-electron chi connectivity index (χ4n) is 0.974. The van der Waals surface area contributed by atoms with Crippen molar-refractivity contribution in [2.24, 2.45) is 0 Å². The van der Waals surface area contributed by atoms with Gasteiger partial charge in [0.15, 0.2) is 11.6 Å². The molecule has 0 fully saturated rings. The number of rotatable bonds is 1. The summed E-state index contributed by atoms with van der Waals surface area (Å²) in [6.45, 7) is 0. The van der Waals surface area contributed by atoms with Crippen LogP contribution in [0.5, 0.6) is 0 Å². The van der Waals surface area contributed by atoms with Crippen LogP contribution >= 0.6 is 11.6 Å². The molecule has 2 aromatic heterocycles. The number of nitrogens with zero attached hydrogens (tertiary/aromatic N) is 2. The van der Waals surface area contributed by atoms with E-state index in [1.165, 1.54) is 0 Å². The van der Waals surface area contributed by atoms with Crippen molar-refractivity contribution in [2.45, 2.75) is 0 Å². The lowest BCUT2D eigenvalue weighted by molar-refractivity contribution is 0.436. The fraction of sp³-hybridized carbons (Fsp3) is 0. The van der Waals surface area contributed by atoms with Crippen LogP contribution in [-0.2, 0) is 0 Å². The Labute approximate surface area is 79.3 Å². The lowest BCUT2D eigenvalue weighted by atomic mass is 10.2. The minimum atomic E-state index is 0.202. The molecule has 0 saturated carbocycles. The van der Waals surface area contributed by atoms with Gasteiger partial charge in [0.05, 0.1) is 0 Å². The molecule has 0 spiro atoms. The summed E-state index contributed by atoms with van der Waals surface area (Å²) in [7, 11) is 0. The molecule has 0 aliphatic heterocycles. The molecular formula is C8H6ClN3O. The van der Waals surface area contributed by atoms with E-state index in [0.717, 1.165) is 5.56 Å². The summed E-state index contributed by atoms with van der Waals surface area (Å²) in [6.07, 6.45) is 3.29. The van der Waals surface area contributed by atoms with Gasteiger partial charge in [-0.15, -0.1) is 0 Å². The monoisotopic (exact) mass is 195 g/mol. The van der Waals surface area contributed by atoms with E-state index in [0.29, 0.717) is 10.8 Å². The van der Waals surface area contributed by atoms with E-state index in [9.17, 15) is 0 Å². The fourth-order valence-corrected chi connectivity index (χ4v) is 1.15. The van der Waals surface area contributed by atoms with Crippen molar-refractivity contribution in [1.82, 2.24) is 10.1 Å². The smallest absolute Gasteiger partial charge is 0.187 e. The minimum Gasteiger partial charge on any atom is -0.380 e. The van der Waals surface area contributed by atoms with Crippen LogP contribution < -0.4 is 5.73 Å². The summed E-state index contributed by atoms with van der Waals surface area (Å²) in [4.78, 5) is 3.87. The first-order valence-corrected chi connectivity index (χ1v) is 3.98. The van der Waals surface area contributed by atoms with Crippen LogP contribution in [-0.4, -0.2) is 10.1 Å². The quantitative estimate of drug-likeness (QED) is 0.756. The summed E-state index contributed by atoms with van der Waals surface area (Å²) >= 11 is 5.84. The summed E-state index contributed by atoms with van der Waals surface area (Å²) < 4.78 is 4.95. The van der Waals surface area contributed by atoms with Gasteiger partial charge in [-0.3, -0.25) is 4.98 Å². The highest BCUT2D eigenvalue weighted by Gasteiger charge is 2.12. The van der Waals surface area contributed by atoms with Crippen molar-refractivity contribution in [3.05, 3.63) is 29.5 Å². The van der Waals surface area contributed by atoms with Gasteiger partial charge >= 0.3 is 0 Å². The van der Waals surface area contributed by atoms with E-state index < -0.39 is 0 Å². The van der Waals surface area contributed by atoms with Gasteiger partial charge < -0.3 is 10.3 Å². The van der Waals surface area contributed by atoms with Crippen molar-refractivity contribution in [3.8, 4) is 11.3 Å². The molecule has 0 amide bonds. The lowest BCUT2D eigenvalue weighted by Gasteiger charge is -1.93. The Kier molecular flexibility index (Phi) is 1.90. The molecule has 0 unspecified atom stereocenters. The zero-order valence-electron chi connectivity index (χ0n) is 6.57. The minimum absolute atomic E-state index is 0.202. The van der Waals surface area contributed by atoms with E-state index in [1.807, 2.05) is 0 Å². The summed E-state index contributed by atoms with van der Waals surface area (Å²) in [6, 6.07) is 3.54. The molecular weight excluding hydrogens is 190 g/mol. The Hall–Kier alpha value is -1.55. The largest absolute Gasteiger partial charge is 0.380 e. The Balaban J connectivity index is 2.53. The molecule has 2 heterocycles. The van der Waals surface area contributed by atoms with Crippen molar-refractivity contribution in [3.63, 3.8) is 0 Å². The summed E-state index contributed by atoms with van der Waals surface area (Å²) in [5, 5.41) is 3.88. The number of hydrogen-bond acceptors (Lipinski definition) is 4. The highest BCUT2D eigenvalue weighted by atomic mass is 35.5. The molecule has 0 bridgehead atoms. The van der Waals surface area contributed by atoms with E-state index >= 15 is 0 Å². The Morgan fingerprint density at radius 2 is 2.00 bits per heavy atom. The Bertz CT molecular complexity index is 413. The maximum absolute atomic E-state index is 5.84. The topological polar surface area (TPSA) is 64.9 Å². The lowest BCUT2D eigenvalue weighted by Crippen LogP contribution is -1.83. The highest BCUT2D eigenvalue weighted by molar-refractivity contribution is 6.35. The van der Waals surface area contributed by atoms with E-state index in [2.05, 4.69) is 10.1 Å². The van der Waals surface area contributed by atoms with Gasteiger partial charge in [0.2, 0.25) is 0 Å². The van der Waals surface area contributed by atoms with Crippen LogP contribution in [0.15, 0.2) is 29.0 Å². The molecule has 0 aliphatic carbocycles. The van der Waals surface area contributed by atoms with Gasteiger partial charge in [-0.25, -0.2) is 0 Å². The van der Waals surface area contributed by atoms with E-state index in [1.54, 1.807) is 24.5 Å². The first-order valence-electron chi connectivity index (χ1n) is 3.60. The van der Waals surface area contributed by atoms with Crippen LogP contribution in [0.25, 0.3) is 11.3 Å². The number of nitrogen functional groups attached to an aromatic ring is 1. The first kappa shape index (κ1) is 8.07. The maximum atomic E-state index is 5.84. The Morgan fingerprint density at radius 1 is 1.31 bits per heavy atom. The number of hydrogen-bond donors (Lipinski definition) is 1. The molecule has 66 valence electrons. The van der Waals surface area contributed by atoms with Gasteiger partial charge in [-0.2, -0.15) is 0 Å². The van der Waals surface area contributed by atoms with Crippen molar-refractivity contribution >= 4 is 17.4 Å². The van der Waals surface area contributed by atoms with Crippen LogP contribution in [0.1, 0.15) is 0 Å². The van der Waals surface area contributed by atoms with Crippen LogP contribution in [0, 0.1) is 0 Å². The van der Waals surface area contributed by atoms with Gasteiger partial charge in [0.25, 0.3) is 0 Å². The molecule has 0 radical (unpaired) electrons. The third-order valence-electron chi connectivity index (χ3n) is 1.60. The summed E-state index contributed by atoms with van der Waals surface area (Å²) in [5.41, 5.74) is 6.23. The van der Waals surface area contributed by atoms with Gasteiger partial charge in [-0.05, 0) is 12.1 Å². The summed E-state index contributed by atoms with van der Waals surface area (Å²) in [5.74, 6) is 0.676. The molecule has 13 heavy (non-hydrogen) atoms. The molecule has 5 heteroatoms. The maximum Gasteiger partial charge on any atom is 0.187 e. The molecule has 0 atom stereocenters. The normalized spacial score (nSPS) is 10.2. The molecule has 2 aromatic rings. The van der Waals surface area contributed by atoms with Crippen molar-refractivity contribution in [2.75, 3.05) is 5.73 Å². The number of halogens is 1. The zero-order valence-corrected chi connectivity index (χ0v) is 7.32. The van der Waals surface area contributed by atoms with Crippen LogP contribution in [0.2, 0.25) is 5.02 Å². The molecule has 2 N–H and O–H groups in total. The van der Waals surface area contributed by atoms with E-state index in [4.69, 9.17) is 21.9 Å². The van der Waals surface area contributed by atoms with Crippen molar-refractivity contribution in [1.29, 1.82) is 0 Å². The van der Waals surface area contributed by atoms with Crippen LogP contribution in [0.4, 0.5) is 5.82 Å². The number of nitrogens with two attached hydrogens (primary N) is 1. The molecule has 4 nitrogen and oxygen atoms in total. The number of pyridine rings is 1. The standard InChI is InChI=1S/C8H6ClN3O/c9-6-7(13-12-8(6)10)5-1-3-11-4-2-5/h1-4H,(H2,10,12). The van der Waals surface area contributed by atoms with Gasteiger partial charge in [0.1, 0.15) is 5.02 Å². The molecule has 0 aliphatic rings. The first-order chi connectivity index (χ1) is 6.29. The predicted molar refractivity (Wildman–Crippen MR) is 49.2 cm³/mol. The number of aromatic nitrogens is 2. The van der Waals surface area contributed by atoms with Gasteiger partial charge in [0, 0.05) is 18.0 Å². The Morgan fingerprint density at radius 3 is 2.54 bits per heavy atom. The third kappa shape index (κ3) is 1.36. The second-order valence-corrected chi connectivity index (χ2v) is 2.82.